The minimum atomic E-state index is -0.0972. The van der Waals surface area contributed by atoms with Crippen LogP contribution in [0, 0.1) is 0 Å². The average molecular weight is 580 g/mol. The number of para-hydroxylation sites is 2. The van der Waals surface area contributed by atoms with Crippen LogP contribution < -0.4 is 4.90 Å². The first-order chi connectivity index (χ1) is 22.1. The molecule has 0 radical (unpaired) electrons. The van der Waals surface area contributed by atoms with Crippen LogP contribution in [0.5, 0.6) is 0 Å². The highest BCUT2D eigenvalue weighted by Crippen LogP contribution is 2.51. The molecular weight excluding hydrogens is 546 g/mol. The molecule has 3 heteroatoms. The maximum absolute atomic E-state index is 5.24. The van der Waals surface area contributed by atoms with Gasteiger partial charge in [-0.1, -0.05) is 98.8 Å². The summed E-state index contributed by atoms with van der Waals surface area (Å²) in [6.45, 7) is 4.65. The smallest absolute Gasteiger partial charge is 0.0716 e. The molecule has 1 aliphatic heterocycles. The molecule has 0 spiro atoms. The molecule has 0 atom stereocenters. The van der Waals surface area contributed by atoms with Gasteiger partial charge in [-0.3, -0.25) is 4.98 Å². The monoisotopic (exact) mass is 579 g/mol. The highest BCUT2D eigenvalue weighted by atomic mass is 15.2. The lowest BCUT2D eigenvalue weighted by Gasteiger charge is -2.42. The van der Waals surface area contributed by atoms with E-state index in [1.54, 1.807) is 0 Å². The maximum atomic E-state index is 5.24. The standard InChI is InChI=1S/C42H33N3/c1-42(2)36-15-6-8-17-40(36)45(41-18-9-7-16-37(41)42)33-14-10-13-32(27-33)39-28-34(31-21-23-43-24-22-31)35-26-30(19-20-38(35)44-39)25-29-11-4-3-5-12-29/h3-24,26-28H,25H2,1-2H3. The van der Waals surface area contributed by atoms with Gasteiger partial charge in [0.25, 0.3) is 0 Å². The second kappa shape index (κ2) is 10.9. The van der Waals surface area contributed by atoms with Crippen molar-refractivity contribution >= 4 is 28.0 Å². The predicted octanol–water partition coefficient (Wildman–Crippen LogP) is 10.7. The van der Waals surface area contributed by atoms with Crippen molar-refractivity contribution in [2.24, 2.45) is 0 Å². The number of anilines is 3. The van der Waals surface area contributed by atoms with Crippen LogP contribution in [0.4, 0.5) is 17.1 Å². The van der Waals surface area contributed by atoms with Crippen molar-refractivity contribution in [3.63, 3.8) is 0 Å². The molecule has 1 aliphatic rings. The number of nitrogens with zero attached hydrogens (tertiary/aromatic N) is 3. The van der Waals surface area contributed by atoms with E-state index in [1.807, 2.05) is 12.4 Å². The van der Waals surface area contributed by atoms with Gasteiger partial charge in [-0.2, -0.15) is 0 Å². The average Bonchev–Trinajstić information content (AvgIpc) is 3.09. The van der Waals surface area contributed by atoms with E-state index in [9.17, 15) is 0 Å². The Hall–Kier alpha value is -5.54. The summed E-state index contributed by atoms with van der Waals surface area (Å²) in [5, 5.41) is 1.15. The van der Waals surface area contributed by atoms with Crippen LogP contribution in [0.15, 0.2) is 152 Å². The molecule has 0 amide bonds. The molecule has 8 rings (SSSR count). The number of pyridine rings is 2. The zero-order chi connectivity index (χ0) is 30.4. The number of hydrogen-bond donors (Lipinski definition) is 0. The van der Waals surface area contributed by atoms with E-state index in [2.05, 4.69) is 163 Å². The van der Waals surface area contributed by atoms with Gasteiger partial charge >= 0.3 is 0 Å². The fraction of sp³-hybridized carbons (Fsp3) is 0.0952. The summed E-state index contributed by atoms with van der Waals surface area (Å²) in [4.78, 5) is 11.9. The number of hydrogen-bond acceptors (Lipinski definition) is 3. The third kappa shape index (κ3) is 4.78. The summed E-state index contributed by atoms with van der Waals surface area (Å²) in [6.07, 6.45) is 4.61. The van der Waals surface area contributed by atoms with Crippen LogP contribution in [0.25, 0.3) is 33.3 Å². The zero-order valence-corrected chi connectivity index (χ0v) is 25.5. The van der Waals surface area contributed by atoms with E-state index in [4.69, 9.17) is 4.98 Å². The molecule has 0 saturated carbocycles. The van der Waals surface area contributed by atoms with Crippen LogP contribution in [0.2, 0.25) is 0 Å². The lowest BCUT2D eigenvalue weighted by Crippen LogP contribution is -2.30. The van der Waals surface area contributed by atoms with Crippen LogP contribution >= 0.6 is 0 Å². The highest BCUT2D eigenvalue weighted by Gasteiger charge is 2.36. The van der Waals surface area contributed by atoms with Crippen LogP contribution in [-0.2, 0) is 11.8 Å². The SMILES string of the molecule is CC1(C)c2ccccc2N(c2cccc(-c3cc(-c4ccncc4)c4cc(Cc5ccccc5)ccc4n3)c2)c2ccccc21. The molecule has 0 aliphatic carbocycles. The lowest BCUT2D eigenvalue weighted by molar-refractivity contribution is 0.632. The summed E-state index contributed by atoms with van der Waals surface area (Å²) in [5.41, 5.74) is 14.0. The summed E-state index contributed by atoms with van der Waals surface area (Å²) >= 11 is 0. The summed E-state index contributed by atoms with van der Waals surface area (Å²) in [7, 11) is 0. The fourth-order valence-corrected chi connectivity index (χ4v) is 6.88. The van der Waals surface area contributed by atoms with Gasteiger partial charge in [0.15, 0.2) is 0 Å². The van der Waals surface area contributed by atoms with Crippen molar-refractivity contribution in [3.8, 4) is 22.4 Å². The van der Waals surface area contributed by atoms with Gasteiger partial charge in [0.05, 0.1) is 22.6 Å². The third-order valence-electron chi connectivity index (χ3n) is 9.15. The van der Waals surface area contributed by atoms with Crippen molar-refractivity contribution < 1.29 is 0 Å². The van der Waals surface area contributed by atoms with E-state index >= 15 is 0 Å². The molecule has 0 unspecified atom stereocenters. The quantitative estimate of drug-likeness (QED) is 0.203. The highest BCUT2D eigenvalue weighted by molar-refractivity contribution is 5.97. The van der Waals surface area contributed by atoms with E-state index in [0.29, 0.717) is 0 Å². The summed E-state index contributed by atoms with van der Waals surface area (Å²) in [6, 6.07) is 50.1. The van der Waals surface area contributed by atoms with Crippen molar-refractivity contribution in [3.05, 3.63) is 174 Å². The normalized spacial score (nSPS) is 13.3. The molecule has 3 nitrogen and oxygen atoms in total. The molecule has 0 saturated heterocycles. The van der Waals surface area contributed by atoms with Gasteiger partial charge in [-0.25, -0.2) is 4.98 Å². The number of aromatic nitrogens is 2. The zero-order valence-electron chi connectivity index (χ0n) is 25.5. The molecule has 0 bridgehead atoms. The topological polar surface area (TPSA) is 29.0 Å². The molecule has 2 aromatic heterocycles. The minimum absolute atomic E-state index is 0.0972. The molecule has 0 fully saturated rings. The first-order valence-corrected chi connectivity index (χ1v) is 15.5. The minimum Gasteiger partial charge on any atom is -0.310 e. The van der Waals surface area contributed by atoms with Gasteiger partial charge in [-0.05, 0) is 94.4 Å². The van der Waals surface area contributed by atoms with Gasteiger partial charge in [0.1, 0.15) is 0 Å². The largest absolute Gasteiger partial charge is 0.310 e. The van der Waals surface area contributed by atoms with Crippen LogP contribution in [0.3, 0.4) is 0 Å². The van der Waals surface area contributed by atoms with E-state index in [1.165, 1.54) is 33.6 Å². The van der Waals surface area contributed by atoms with Crippen LogP contribution in [0.1, 0.15) is 36.1 Å². The number of benzene rings is 5. The van der Waals surface area contributed by atoms with Crippen molar-refractivity contribution in [2.45, 2.75) is 25.7 Å². The Morgan fingerprint density at radius 2 is 1.27 bits per heavy atom. The van der Waals surface area contributed by atoms with E-state index in [-0.39, 0.29) is 5.41 Å². The van der Waals surface area contributed by atoms with Crippen LogP contribution in [-0.4, -0.2) is 9.97 Å². The molecule has 216 valence electrons. The third-order valence-corrected chi connectivity index (χ3v) is 9.15. The molecule has 45 heavy (non-hydrogen) atoms. The van der Waals surface area contributed by atoms with E-state index in [0.717, 1.165) is 45.4 Å². The Morgan fingerprint density at radius 1 is 0.578 bits per heavy atom. The first kappa shape index (κ1) is 27.0. The van der Waals surface area contributed by atoms with Crippen molar-refractivity contribution in [1.82, 2.24) is 9.97 Å². The van der Waals surface area contributed by atoms with E-state index < -0.39 is 0 Å². The Kier molecular flexibility index (Phi) is 6.53. The maximum Gasteiger partial charge on any atom is 0.0716 e. The van der Waals surface area contributed by atoms with Gasteiger partial charge < -0.3 is 4.90 Å². The Balaban J connectivity index is 1.27. The van der Waals surface area contributed by atoms with Crippen molar-refractivity contribution in [2.75, 3.05) is 4.90 Å². The van der Waals surface area contributed by atoms with Gasteiger partial charge in [-0.15, -0.1) is 0 Å². The number of fused-ring (bicyclic) bond motifs is 3. The molecule has 3 heterocycles. The Bertz CT molecular complexity index is 2120. The molecule has 7 aromatic rings. The predicted molar refractivity (Wildman–Crippen MR) is 186 cm³/mol. The lowest BCUT2D eigenvalue weighted by atomic mass is 9.73. The van der Waals surface area contributed by atoms with Crippen molar-refractivity contribution in [1.29, 1.82) is 0 Å². The molecule has 0 N–H and O–H groups in total. The first-order valence-electron chi connectivity index (χ1n) is 15.5. The molecule has 5 aromatic carbocycles. The second-order valence-corrected chi connectivity index (χ2v) is 12.3. The molecular formula is C42H33N3. The van der Waals surface area contributed by atoms with Gasteiger partial charge in [0.2, 0.25) is 0 Å². The Labute approximate surface area is 264 Å². The Morgan fingerprint density at radius 3 is 2.00 bits per heavy atom. The van der Waals surface area contributed by atoms with Gasteiger partial charge in [0, 0.05) is 34.4 Å². The summed E-state index contributed by atoms with van der Waals surface area (Å²) in [5.74, 6) is 0. The fourth-order valence-electron chi connectivity index (χ4n) is 6.88. The number of rotatable bonds is 5. The second-order valence-electron chi connectivity index (χ2n) is 12.3. The summed E-state index contributed by atoms with van der Waals surface area (Å²) < 4.78 is 0.